The first-order valence-corrected chi connectivity index (χ1v) is 8.26. The zero-order valence-electron chi connectivity index (χ0n) is 10.5. The van der Waals surface area contributed by atoms with E-state index in [-0.39, 0.29) is 4.90 Å². The molecule has 0 amide bonds. The maximum Gasteiger partial charge on any atom is 0.284 e. The first-order valence-electron chi connectivity index (χ1n) is 6.05. The fourth-order valence-corrected chi connectivity index (χ4v) is 3.60. The Labute approximate surface area is 122 Å². The van der Waals surface area contributed by atoms with Crippen LogP contribution in [0.2, 0.25) is 0 Å². The average Bonchev–Trinajstić information content (AvgIpc) is 3.18. The van der Waals surface area contributed by atoms with Gasteiger partial charge >= 0.3 is 0 Å². The van der Waals surface area contributed by atoms with Crippen molar-refractivity contribution < 1.29 is 8.42 Å². The second kappa shape index (κ2) is 5.30. The van der Waals surface area contributed by atoms with Crippen LogP contribution in [0, 0.1) is 0 Å². The Morgan fingerprint density at radius 1 is 0.950 bits per heavy atom. The molecule has 4 nitrogen and oxygen atoms in total. The van der Waals surface area contributed by atoms with E-state index in [0.29, 0.717) is 11.7 Å². The molecule has 1 aliphatic rings. The molecule has 0 atom stereocenters. The summed E-state index contributed by atoms with van der Waals surface area (Å²) in [5.41, 5.74) is 1.13. The van der Waals surface area contributed by atoms with E-state index in [2.05, 4.69) is 4.40 Å². The fraction of sp³-hybridized carbons (Fsp3) is 0.0714. The van der Waals surface area contributed by atoms with Crippen LogP contribution in [0.5, 0.6) is 0 Å². The van der Waals surface area contributed by atoms with Gasteiger partial charge in [-0.1, -0.05) is 48.5 Å². The molecule has 0 aliphatic carbocycles. The summed E-state index contributed by atoms with van der Waals surface area (Å²) in [5, 5.41) is 0.540. The predicted molar refractivity (Wildman–Crippen MR) is 80.6 cm³/mol. The molecule has 0 unspecified atom stereocenters. The predicted octanol–water partition coefficient (Wildman–Crippen LogP) is 2.90. The van der Waals surface area contributed by atoms with Crippen LogP contribution in [0.25, 0.3) is 0 Å². The van der Waals surface area contributed by atoms with Gasteiger partial charge in [0.05, 0.1) is 11.4 Å². The first-order chi connectivity index (χ1) is 9.65. The van der Waals surface area contributed by atoms with Crippen molar-refractivity contribution in [2.75, 3.05) is 0 Å². The Kier molecular flexibility index (Phi) is 3.50. The van der Waals surface area contributed by atoms with Gasteiger partial charge in [-0.3, -0.25) is 4.31 Å². The molecule has 0 N–H and O–H groups in total. The zero-order chi connectivity index (χ0) is 14.0. The van der Waals surface area contributed by atoms with Crippen LogP contribution in [0.15, 0.2) is 70.0 Å². The number of rotatable bonds is 4. The van der Waals surface area contributed by atoms with Gasteiger partial charge in [0.2, 0.25) is 5.17 Å². The van der Waals surface area contributed by atoms with E-state index in [1.807, 2.05) is 34.6 Å². The highest BCUT2D eigenvalue weighted by atomic mass is 32.2. The van der Waals surface area contributed by atoms with Gasteiger partial charge in [0, 0.05) is 11.9 Å². The lowest BCUT2D eigenvalue weighted by Gasteiger charge is -1.99. The molecule has 102 valence electrons. The van der Waals surface area contributed by atoms with E-state index < -0.39 is 10.0 Å². The summed E-state index contributed by atoms with van der Waals surface area (Å²) in [6.45, 7) is 0.661. The van der Waals surface area contributed by atoms with Crippen LogP contribution < -0.4 is 0 Å². The molecular formula is C14H12N2O2S2. The first kappa shape index (κ1) is 13.2. The molecule has 3 rings (SSSR count). The molecular weight excluding hydrogens is 292 g/mol. The molecule has 1 aliphatic heterocycles. The highest BCUT2D eigenvalue weighted by Gasteiger charge is 2.32. The Hall–Kier alpha value is -1.79. The van der Waals surface area contributed by atoms with Crippen molar-refractivity contribution in [3.05, 3.63) is 66.2 Å². The Morgan fingerprint density at radius 2 is 1.55 bits per heavy atom. The third-order valence-corrected chi connectivity index (χ3v) is 5.00. The van der Waals surface area contributed by atoms with Crippen molar-refractivity contribution in [2.24, 2.45) is 4.40 Å². The SMILES string of the molecule is O=S(=O)(/N=C1/SN1Cc1ccccc1)c1ccccc1. The van der Waals surface area contributed by atoms with Crippen LogP contribution in [0.3, 0.4) is 0 Å². The minimum Gasteiger partial charge on any atom is -0.282 e. The maximum absolute atomic E-state index is 12.1. The Bertz CT molecular complexity index is 728. The van der Waals surface area contributed by atoms with Crippen molar-refractivity contribution in [1.82, 2.24) is 4.31 Å². The maximum atomic E-state index is 12.1. The summed E-state index contributed by atoms with van der Waals surface area (Å²) in [6.07, 6.45) is 0. The normalized spacial score (nSPS) is 16.4. The van der Waals surface area contributed by atoms with Gasteiger partial charge in [0.25, 0.3) is 10.0 Å². The molecule has 1 saturated heterocycles. The second-order valence-electron chi connectivity index (χ2n) is 4.28. The quantitative estimate of drug-likeness (QED) is 0.644. The topological polar surface area (TPSA) is 49.5 Å². The molecule has 0 radical (unpaired) electrons. The minimum absolute atomic E-state index is 0.222. The highest BCUT2D eigenvalue weighted by molar-refractivity contribution is 8.22. The molecule has 20 heavy (non-hydrogen) atoms. The fourth-order valence-electron chi connectivity index (χ4n) is 1.74. The van der Waals surface area contributed by atoms with Crippen molar-refractivity contribution in [3.8, 4) is 0 Å². The standard InChI is InChI=1S/C14H12N2O2S2/c17-20(18,13-9-5-2-6-10-13)15-14-16(19-14)11-12-7-3-1-4-8-12/h1-10H,11H2/b15-14+. The Morgan fingerprint density at radius 3 is 2.20 bits per heavy atom. The second-order valence-corrected chi connectivity index (χ2v) is 6.87. The van der Waals surface area contributed by atoms with Gasteiger partial charge < -0.3 is 0 Å². The van der Waals surface area contributed by atoms with Crippen molar-refractivity contribution in [2.45, 2.75) is 11.4 Å². The van der Waals surface area contributed by atoms with Gasteiger partial charge in [-0.2, -0.15) is 8.42 Å². The molecule has 0 aromatic heterocycles. The molecule has 0 bridgehead atoms. The van der Waals surface area contributed by atoms with Crippen LogP contribution >= 0.6 is 11.9 Å². The molecule has 1 fully saturated rings. The monoisotopic (exact) mass is 304 g/mol. The number of hydrogen-bond acceptors (Lipinski definition) is 3. The van der Waals surface area contributed by atoms with E-state index >= 15 is 0 Å². The lowest BCUT2D eigenvalue weighted by Crippen LogP contribution is -2.01. The summed E-state index contributed by atoms with van der Waals surface area (Å²) in [5.74, 6) is 0. The van der Waals surface area contributed by atoms with Crippen LogP contribution in [-0.4, -0.2) is 17.9 Å². The molecule has 6 heteroatoms. The minimum atomic E-state index is -3.60. The van der Waals surface area contributed by atoms with Crippen molar-refractivity contribution in [1.29, 1.82) is 0 Å². The van der Waals surface area contributed by atoms with Crippen LogP contribution in [0.1, 0.15) is 5.56 Å². The smallest absolute Gasteiger partial charge is 0.282 e. The lowest BCUT2D eigenvalue weighted by molar-refractivity contribution is 0.597. The molecule has 1 heterocycles. The zero-order valence-corrected chi connectivity index (χ0v) is 12.1. The molecule has 0 spiro atoms. The third-order valence-electron chi connectivity index (χ3n) is 2.78. The van der Waals surface area contributed by atoms with E-state index in [1.54, 1.807) is 30.3 Å². The summed E-state index contributed by atoms with van der Waals surface area (Å²) >= 11 is 1.36. The van der Waals surface area contributed by atoms with E-state index in [0.717, 1.165) is 5.56 Å². The van der Waals surface area contributed by atoms with Gasteiger partial charge in [-0.15, -0.1) is 4.40 Å². The van der Waals surface area contributed by atoms with Gasteiger partial charge in [-0.05, 0) is 17.7 Å². The highest BCUT2D eigenvalue weighted by Crippen LogP contribution is 2.36. The largest absolute Gasteiger partial charge is 0.284 e. The third kappa shape index (κ3) is 3.02. The summed E-state index contributed by atoms with van der Waals surface area (Å²) in [7, 11) is -3.60. The Balaban J connectivity index is 1.73. The average molecular weight is 304 g/mol. The lowest BCUT2D eigenvalue weighted by atomic mass is 10.2. The number of nitrogens with zero attached hydrogens (tertiary/aromatic N) is 2. The number of sulfonamides is 1. The number of benzene rings is 2. The molecule has 0 saturated carbocycles. The summed E-state index contributed by atoms with van der Waals surface area (Å²) < 4.78 is 29.8. The van der Waals surface area contributed by atoms with Crippen LogP contribution in [0.4, 0.5) is 0 Å². The van der Waals surface area contributed by atoms with E-state index in [9.17, 15) is 8.42 Å². The van der Waals surface area contributed by atoms with Crippen molar-refractivity contribution >= 4 is 27.1 Å². The number of amidine groups is 1. The van der Waals surface area contributed by atoms with E-state index in [4.69, 9.17) is 0 Å². The molecule has 2 aromatic carbocycles. The molecule has 2 aromatic rings. The van der Waals surface area contributed by atoms with Gasteiger partial charge in [0.15, 0.2) is 0 Å². The van der Waals surface area contributed by atoms with Gasteiger partial charge in [-0.25, -0.2) is 0 Å². The van der Waals surface area contributed by atoms with Crippen molar-refractivity contribution in [3.63, 3.8) is 0 Å². The van der Waals surface area contributed by atoms with Crippen LogP contribution in [-0.2, 0) is 16.6 Å². The summed E-state index contributed by atoms with van der Waals surface area (Å²) in [6, 6.07) is 18.1. The summed E-state index contributed by atoms with van der Waals surface area (Å²) in [4.78, 5) is 0.222. The number of hydrogen-bond donors (Lipinski definition) is 0. The van der Waals surface area contributed by atoms with E-state index in [1.165, 1.54) is 11.9 Å². The van der Waals surface area contributed by atoms with Gasteiger partial charge in [0.1, 0.15) is 0 Å².